The molecule has 0 aromatic heterocycles. The highest BCUT2D eigenvalue weighted by Gasteiger charge is 2.48. The van der Waals surface area contributed by atoms with Crippen molar-refractivity contribution in [1.82, 2.24) is 0 Å². The summed E-state index contributed by atoms with van der Waals surface area (Å²) in [5, 5.41) is 10.1. The molecule has 15 heavy (non-hydrogen) atoms. The quantitative estimate of drug-likeness (QED) is 0.710. The van der Waals surface area contributed by atoms with Crippen molar-refractivity contribution in [2.75, 3.05) is 0 Å². The van der Waals surface area contributed by atoms with Gasteiger partial charge in [-0.3, -0.25) is 0 Å². The summed E-state index contributed by atoms with van der Waals surface area (Å²) in [5.74, 6) is 0. The molecule has 2 atom stereocenters. The van der Waals surface area contributed by atoms with Crippen LogP contribution in [0.25, 0.3) is 0 Å². The van der Waals surface area contributed by atoms with Crippen molar-refractivity contribution in [1.29, 1.82) is 0 Å². The normalized spacial score (nSPS) is 38.7. The van der Waals surface area contributed by atoms with Gasteiger partial charge in [0, 0.05) is 0 Å². The number of hydrogen-bond donors (Lipinski definition) is 1. The van der Waals surface area contributed by atoms with Crippen molar-refractivity contribution >= 4 is 0 Å². The predicted molar refractivity (Wildman–Crippen MR) is 60.7 cm³/mol. The first-order valence-electron chi connectivity index (χ1n) is 6.25. The first-order chi connectivity index (χ1) is 7.16. The van der Waals surface area contributed by atoms with Crippen LogP contribution in [0.3, 0.4) is 0 Å². The van der Waals surface area contributed by atoms with E-state index in [1.165, 1.54) is 6.42 Å². The van der Waals surface area contributed by atoms with E-state index in [9.17, 15) is 5.11 Å². The van der Waals surface area contributed by atoms with Gasteiger partial charge in [-0.15, -0.1) is 0 Å². The van der Waals surface area contributed by atoms with Gasteiger partial charge in [0.15, 0.2) is 0 Å². The van der Waals surface area contributed by atoms with Gasteiger partial charge in [0.05, 0.1) is 11.7 Å². The first kappa shape index (κ1) is 11.2. The third-order valence-corrected chi connectivity index (χ3v) is 4.12. The first-order valence-corrected chi connectivity index (χ1v) is 6.25. The zero-order valence-electron chi connectivity index (χ0n) is 9.83. The Hall–Kier alpha value is -0.340. The summed E-state index contributed by atoms with van der Waals surface area (Å²) in [6, 6.07) is 0. The van der Waals surface area contributed by atoms with Crippen LogP contribution in [0.4, 0.5) is 0 Å². The largest absolute Gasteiger partial charge is 0.390 e. The average molecular weight is 210 g/mol. The highest BCUT2D eigenvalue weighted by molar-refractivity contribution is 5.20. The maximum absolute atomic E-state index is 10.1. The van der Waals surface area contributed by atoms with Gasteiger partial charge in [-0.1, -0.05) is 38.8 Å². The molecule has 0 saturated heterocycles. The second kappa shape index (κ2) is 3.91. The molecule has 0 unspecified atom stereocenters. The van der Waals surface area contributed by atoms with E-state index in [4.69, 9.17) is 4.74 Å². The lowest BCUT2D eigenvalue weighted by molar-refractivity contribution is -0.159. The summed E-state index contributed by atoms with van der Waals surface area (Å²) >= 11 is 0. The van der Waals surface area contributed by atoms with Gasteiger partial charge in [0.1, 0.15) is 5.60 Å². The van der Waals surface area contributed by atoms with Crippen molar-refractivity contribution in [3.05, 3.63) is 12.2 Å². The Balaban J connectivity index is 2.17. The monoisotopic (exact) mass is 210 g/mol. The number of rotatable bonds is 2. The van der Waals surface area contributed by atoms with Gasteiger partial charge in [0.2, 0.25) is 0 Å². The third-order valence-electron chi connectivity index (χ3n) is 4.12. The second-order valence-corrected chi connectivity index (χ2v) is 4.92. The second-order valence-electron chi connectivity index (χ2n) is 4.92. The SMILES string of the molecule is CCC1(CC)C=C[C@]2(CCCC[C@@H]2O)O1. The summed E-state index contributed by atoms with van der Waals surface area (Å²) in [6.07, 6.45) is 10.2. The van der Waals surface area contributed by atoms with Crippen molar-refractivity contribution in [3.63, 3.8) is 0 Å². The van der Waals surface area contributed by atoms with E-state index in [2.05, 4.69) is 26.0 Å². The summed E-state index contributed by atoms with van der Waals surface area (Å²) in [5.41, 5.74) is -0.470. The van der Waals surface area contributed by atoms with E-state index in [0.29, 0.717) is 0 Å². The van der Waals surface area contributed by atoms with Crippen LogP contribution in [0.1, 0.15) is 52.4 Å². The number of aliphatic hydroxyl groups is 1. The molecule has 0 radical (unpaired) electrons. The maximum atomic E-state index is 10.1. The zero-order valence-corrected chi connectivity index (χ0v) is 9.83. The van der Waals surface area contributed by atoms with Gasteiger partial charge in [0.25, 0.3) is 0 Å². The summed E-state index contributed by atoms with van der Waals surface area (Å²) in [4.78, 5) is 0. The Morgan fingerprint density at radius 3 is 2.53 bits per heavy atom. The lowest BCUT2D eigenvalue weighted by atomic mass is 9.82. The molecule has 86 valence electrons. The van der Waals surface area contributed by atoms with Crippen LogP contribution in [0, 0.1) is 0 Å². The van der Waals surface area contributed by atoms with Gasteiger partial charge in [-0.2, -0.15) is 0 Å². The van der Waals surface area contributed by atoms with E-state index in [1.54, 1.807) is 0 Å². The summed E-state index contributed by atoms with van der Waals surface area (Å²) < 4.78 is 6.23. The average Bonchev–Trinajstić information content (AvgIpc) is 2.64. The van der Waals surface area contributed by atoms with E-state index in [-0.39, 0.29) is 17.3 Å². The molecule has 2 rings (SSSR count). The van der Waals surface area contributed by atoms with Crippen molar-refractivity contribution < 1.29 is 9.84 Å². The smallest absolute Gasteiger partial charge is 0.113 e. The van der Waals surface area contributed by atoms with Crippen molar-refractivity contribution in [2.45, 2.75) is 69.7 Å². The molecule has 1 aliphatic carbocycles. The van der Waals surface area contributed by atoms with Crippen LogP contribution in [0.15, 0.2) is 12.2 Å². The fraction of sp³-hybridized carbons (Fsp3) is 0.846. The Morgan fingerprint density at radius 2 is 2.00 bits per heavy atom. The lowest BCUT2D eigenvalue weighted by Gasteiger charge is -2.40. The standard InChI is InChI=1S/C13H22O2/c1-3-12(4-2)9-10-13(15-12)8-6-5-7-11(13)14/h9-11,14H,3-8H2,1-2H3/t11-,13-/m0/s1. The van der Waals surface area contributed by atoms with Crippen LogP contribution in [-0.4, -0.2) is 22.4 Å². The molecule has 1 aliphatic heterocycles. The molecule has 1 fully saturated rings. The minimum atomic E-state index is -0.357. The Bertz CT molecular complexity index is 255. The number of aliphatic hydroxyl groups excluding tert-OH is 1. The van der Waals surface area contributed by atoms with Crippen molar-refractivity contribution in [3.8, 4) is 0 Å². The molecule has 0 aromatic rings. The molecule has 1 heterocycles. The van der Waals surface area contributed by atoms with Crippen LogP contribution in [-0.2, 0) is 4.74 Å². The lowest BCUT2D eigenvalue weighted by Crippen LogP contribution is -2.47. The molecule has 2 heteroatoms. The van der Waals surface area contributed by atoms with E-state index >= 15 is 0 Å². The van der Waals surface area contributed by atoms with Crippen LogP contribution >= 0.6 is 0 Å². The summed E-state index contributed by atoms with van der Waals surface area (Å²) in [7, 11) is 0. The molecule has 0 amide bonds. The number of ether oxygens (including phenoxy) is 1. The molecular weight excluding hydrogens is 188 g/mol. The molecule has 1 saturated carbocycles. The molecule has 2 nitrogen and oxygen atoms in total. The third kappa shape index (κ3) is 1.74. The van der Waals surface area contributed by atoms with Crippen molar-refractivity contribution in [2.24, 2.45) is 0 Å². The topological polar surface area (TPSA) is 29.5 Å². The van der Waals surface area contributed by atoms with Gasteiger partial charge >= 0.3 is 0 Å². The molecular formula is C13H22O2. The highest BCUT2D eigenvalue weighted by atomic mass is 16.5. The highest BCUT2D eigenvalue weighted by Crippen LogP contribution is 2.44. The van der Waals surface area contributed by atoms with Crippen LogP contribution in [0.5, 0.6) is 0 Å². The fourth-order valence-corrected chi connectivity index (χ4v) is 2.83. The number of hydrogen-bond acceptors (Lipinski definition) is 2. The Labute approximate surface area is 92.3 Å². The van der Waals surface area contributed by atoms with E-state index < -0.39 is 0 Å². The minimum Gasteiger partial charge on any atom is -0.390 e. The molecule has 1 N–H and O–H groups in total. The van der Waals surface area contributed by atoms with Gasteiger partial charge < -0.3 is 9.84 Å². The molecule has 2 aliphatic rings. The maximum Gasteiger partial charge on any atom is 0.113 e. The molecule has 0 bridgehead atoms. The summed E-state index contributed by atoms with van der Waals surface area (Å²) in [6.45, 7) is 4.31. The Morgan fingerprint density at radius 1 is 1.27 bits per heavy atom. The van der Waals surface area contributed by atoms with Gasteiger partial charge in [-0.05, 0) is 25.7 Å². The fourth-order valence-electron chi connectivity index (χ4n) is 2.83. The molecule has 1 spiro atoms. The molecule has 0 aromatic carbocycles. The minimum absolute atomic E-state index is 0.113. The van der Waals surface area contributed by atoms with Gasteiger partial charge in [-0.25, -0.2) is 0 Å². The van der Waals surface area contributed by atoms with E-state index in [0.717, 1.165) is 32.1 Å². The zero-order chi connectivity index (χ0) is 10.9. The van der Waals surface area contributed by atoms with Crippen LogP contribution < -0.4 is 0 Å². The predicted octanol–water partition coefficient (Wildman–Crippen LogP) is 2.81. The van der Waals surface area contributed by atoms with E-state index in [1.807, 2.05) is 0 Å². The Kier molecular flexibility index (Phi) is 2.91. The van der Waals surface area contributed by atoms with Crippen LogP contribution in [0.2, 0.25) is 0 Å².